The van der Waals surface area contributed by atoms with Crippen LogP contribution in [-0.2, 0) is 4.79 Å². The Morgan fingerprint density at radius 2 is 2.23 bits per heavy atom. The minimum Gasteiger partial charge on any atom is -0.480 e. The second-order valence-electron chi connectivity index (χ2n) is 5.04. The van der Waals surface area contributed by atoms with Crippen LogP contribution in [0.15, 0.2) is 22.0 Å². The number of nitrogens with zero attached hydrogens (tertiary/aromatic N) is 5. The summed E-state index contributed by atoms with van der Waals surface area (Å²) < 4.78 is 5.70. The van der Waals surface area contributed by atoms with Gasteiger partial charge in [-0.2, -0.15) is 9.97 Å². The molecule has 0 aliphatic rings. The maximum Gasteiger partial charge on any atom is 0.240 e. The Hall–Kier alpha value is -2.47. The van der Waals surface area contributed by atoms with E-state index >= 15 is 0 Å². The van der Waals surface area contributed by atoms with Crippen LogP contribution in [0.3, 0.4) is 0 Å². The number of nitrogen functional groups attached to an aromatic ring is 1. The minimum absolute atomic E-state index is 0.100. The Bertz CT molecular complexity index is 950. The van der Waals surface area contributed by atoms with Gasteiger partial charge in [0.2, 0.25) is 23.7 Å². The molecule has 3 rings (SSSR count). The molecule has 3 aromatic rings. The molecule has 12 heteroatoms. The normalized spacial score (nSPS) is 12.1. The number of fused-ring (bicyclic) bond motifs is 1. The van der Waals surface area contributed by atoms with Gasteiger partial charge >= 0.3 is 0 Å². The number of thioether (sulfide) groups is 1. The van der Waals surface area contributed by atoms with Gasteiger partial charge in [-0.15, -0.1) is 0 Å². The van der Waals surface area contributed by atoms with E-state index in [1.54, 1.807) is 0 Å². The topological polar surface area (TPSA) is 145 Å². The number of carbonyl (C=O) groups excluding carboxylic acids is 1. The quantitative estimate of drug-likeness (QED) is 0.388. The number of rotatable bonds is 6. The number of methoxy groups -OCH3 is 1. The summed E-state index contributed by atoms with van der Waals surface area (Å²) in [5.74, 6) is 0.330. The molecule has 0 saturated heterocycles. The van der Waals surface area contributed by atoms with Crippen molar-refractivity contribution in [1.29, 1.82) is 0 Å². The molecule has 4 N–H and O–H groups in total. The van der Waals surface area contributed by atoms with Crippen molar-refractivity contribution in [2.75, 3.05) is 18.2 Å². The van der Waals surface area contributed by atoms with Gasteiger partial charge in [-0.05, 0) is 22.4 Å². The molecule has 10 nitrogen and oxygen atoms in total. The molecule has 0 saturated carbocycles. The van der Waals surface area contributed by atoms with Crippen molar-refractivity contribution in [3.63, 3.8) is 0 Å². The average Bonchev–Trinajstić information content (AvgIpc) is 3.09. The summed E-state index contributed by atoms with van der Waals surface area (Å²) in [6.07, 6.45) is 3.57. The van der Waals surface area contributed by atoms with Crippen molar-refractivity contribution < 1.29 is 9.53 Å². The smallest absolute Gasteiger partial charge is 0.240 e. The summed E-state index contributed by atoms with van der Waals surface area (Å²) in [7, 11) is 1.48. The number of hydrogen-bond donors (Lipinski definition) is 3. The molecule has 3 aromatic heterocycles. The van der Waals surface area contributed by atoms with Crippen LogP contribution in [-0.4, -0.2) is 48.2 Å². The van der Waals surface area contributed by atoms with Crippen LogP contribution in [0.1, 0.15) is 13.3 Å². The van der Waals surface area contributed by atoms with Gasteiger partial charge in [-0.3, -0.25) is 10.1 Å². The summed E-state index contributed by atoms with van der Waals surface area (Å²) in [6.45, 7) is 1.90. The molecular formula is C14H15BrN8O2S. The van der Waals surface area contributed by atoms with Crippen molar-refractivity contribution in [1.82, 2.24) is 29.9 Å². The van der Waals surface area contributed by atoms with E-state index in [4.69, 9.17) is 10.5 Å². The Morgan fingerprint density at radius 3 is 2.96 bits per heavy atom. The van der Waals surface area contributed by atoms with Gasteiger partial charge in [0.25, 0.3) is 0 Å². The van der Waals surface area contributed by atoms with Gasteiger partial charge < -0.3 is 15.5 Å². The summed E-state index contributed by atoms with van der Waals surface area (Å²) in [5.41, 5.74) is 6.81. The van der Waals surface area contributed by atoms with E-state index in [2.05, 4.69) is 51.2 Å². The molecule has 0 radical (unpaired) electrons. The van der Waals surface area contributed by atoms with Crippen LogP contribution in [0.2, 0.25) is 0 Å². The number of aromatic nitrogens is 6. The van der Waals surface area contributed by atoms with E-state index in [1.807, 2.05) is 6.92 Å². The third kappa shape index (κ3) is 3.85. The summed E-state index contributed by atoms with van der Waals surface area (Å²) in [5, 5.41) is 2.81. The van der Waals surface area contributed by atoms with E-state index in [1.165, 1.54) is 31.4 Å². The number of amides is 1. The zero-order chi connectivity index (χ0) is 18.7. The summed E-state index contributed by atoms with van der Waals surface area (Å²) in [6, 6.07) is 0. The van der Waals surface area contributed by atoms with Crippen LogP contribution < -0.4 is 15.8 Å². The van der Waals surface area contributed by atoms with Crippen LogP contribution in [0.5, 0.6) is 5.88 Å². The number of hydrogen-bond acceptors (Lipinski definition) is 9. The van der Waals surface area contributed by atoms with Gasteiger partial charge in [0, 0.05) is 0 Å². The summed E-state index contributed by atoms with van der Waals surface area (Å²) >= 11 is 4.53. The van der Waals surface area contributed by atoms with Crippen molar-refractivity contribution in [3.8, 4) is 5.88 Å². The van der Waals surface area contributed by atoms with Crippen LogP contribution in [0.4, 0.5) is 11.9 Å². The lowest BCUT2D eigenvalue weighted by Gasteiger charge is -2.14. The largest absolute Gasteiger partial charge is 0.480 e. The van der Waals surface area contributed by atoms with Gasteiger partial charge in [-0.1, -0.05) is 18.7 Å². The fraction of sp³-hybridized carbons (Fsp3) is 0.286. The van der Waals surface area contributed by atoms with Gasteiger partial charge in [0.1, 0.15) is 10.5 Å². The molecule has 1 amide bonds. The maximum absolute atomic E-state index is 12.6. The van der Waals surface area contributed by atoms with Crippen molar-refractivity contribution >= 4 is 56.7 Å². The fourth-order valence-electron chi connectivity index (χ4n) is 2.11. The standard InChI is InChI=1S/C14H15BrN8O2S/c1-3-7(10(24)21-14-17-4-6(15)11(22-14)25-2)26-12-8-9(19-5-18-8)20-13(16)23-12/h4-5,7H,3H2,1-2H3,(H,17,21,22,24)(H3,16,18,19,20,23)/t7-/m0/s1. The Balaban J connectivity index is 1.79. The minimum atomic E-state index is -0.436. The number of halogens is 1. The van der Waals surface area contributed by atoms with E-state index in [-0.39, 0.29) is 17.8 Å². The zero-order valence-corrected chi connectivity index (χ0v) is 16.3. The first-order valence-corrected chi connectivity index (χ1v) is 9.19. The highest BCUT2D eigenvalue weighted by atomic mass is 79.9. The Labute approximate surface area is 160 Å². The Morgan fingerprint density at radius 1 is 1.42 bits per heavy atom. The molecular weight excluding hydrogens is 424 g/mol. The van der Waals surface area contributed by atoms with Gasteiger partial charge in [0.05, 0.1) is 29.4 Å². The number of carbonyl (C=O) groups is 1. The highest BCUT2D eigenvalue weighted by Crippen LogP contribution is 2.30. The highest BCUT2D eigenvalue weighted by Gasteiger charge is 2.22. The molecule has 0 fully saturated rings. The Kier molecular flexibility index (Phi) is 5.52. The molecule has 0 bridgehead atoms. The number of nitrogens with two attached hydrogens (primary N) is 1. The van der Waals surface area contributed by atoms with E-state index in [0.29, 0.717) is 33.0 Å². The first kappa shape index (κ1) is 18.3. The number of anilines is 2. The molecule has 136 valence electrons. The lowest BCUT2D eigenvalue weighted by Crippen LogP contribution is -2.26. The first-order chi connectivity index (χ1) is 12.5. The number of H-pyrrole nitrogens is 1. The molecule has 26 heavy (non-hydrogen) atoms. The van der Waals surface area contributed by atoms with E-state index in [0.717, 1.165) is 0 Å². The van der Waals surface area contributed by atoms with Crippen LogP contribution in [0.25, 0.3) is 11.2 Å². The van der Waals surface area contributed by atoms with Gasteiger partial charge in [-0.25, -0.2) is 15.0 Å². The third-order valence-corrected chi connectivity index (χ3v) is 5.22. The van der Waals surface area contributed by atoms with Crippen molar-refractivity contribution in [3.05, 3.63) is 17.0 Å². The molecule has 0 aliphatic carbocycles. The van der Waals surface area contributed by atoms with Gasteiger partial charge in [0.15, 0.2) is 5.65 Å². The molecule has 0 spiro atoms. The average molecular weight is 439 g/mol. The fourth-order valence-corrected chi connectivity index (χ4v) is 3.48. The van der Waals surface area contributed by atoms with Crippen molar-refractivity contribution in [2.45, 2.75) is 23.6 Å². The lowest BCUT2D eigenvalue weighted by molar-refractivity contribution is -0.115. The van der Waals surface area contributed by atoms with Crippen molar-refractivity contribution in [2.24, 2.45) is 0 Å². The highest BCUT2D eigenvalue weighted by molar-refractivity contribution is 9.10. The number of imidazole rings is 1. The molecule has 0 aliphatic heterocycles. The molecule has 0 unspecified atom stereocenters. The lowest BCUT2D eigenvalue weighted by atomic mass is 10.3. The van der Waals surface area contributed by atoms with Crippen LogP contribution in [0, 0.1) is 0 Å². The SMILES string of the molecule is CC[C@H](Sc1nc(N)nc2nc[nH]c12)C(=O)Nc1ncc(Br)c(OC)n1. The van der Waals surface area contributed by atoms with E-state index < -0.39 is 5.25 Å². The third-order valence-electron chi connectivity index (χ3n) is 3.33. The second-order valence-corrected chi connectivity index (χ2v) is 7.09. The number of aromatic amines is 1. The zero-order valence-electron chi connectivity index (χ0n) is 13.9. The van der Waals surface area contributed by atoms with E-state index in [9.17, 15) is 4.79 Å². The van der Waals surface area contributed by atoms with Crippen LogP contribution >= 0.6 is 27.7 Å². The molecule has 0 aromatic carbocycles. The predicted molar refractivity (Wildman–Crippen MR) is 101 cm³/mol. The second kappa shape index (κ2) is 7.83. The number of ether oxygens (including phenoxy) is 1. The monoisotopic (exact) mass is 438 g/mol. The number of nitrogens with one attached hydrogen (secondary N) is 2. The molecule has 3 heterocycles. The molecule has 1 atom stereocenters. The summed E-state index contributed by atoms with van der Waals surface area (Å²) in [4.78, 5) is 36.1. The maximum atomic E-state index is 12.6. The predicted octanol–water partition coefficient (Wildman–Crippen LogP) is 2.01. The first-order valence-electron chi connectivity index (χ1n) is 7.52.